The molecule has 0 aliphatic carbocycles. The second-order valence-corrected chi connectivity index (χ2v) is 5.88. The van der Waals surface area contributed by atoms with Gasteiger partial charge in [-0.1, -0.05) is 0 Å². The zero-order valence-electron chi connectivity index (χ0n) is 13.1. The molecule has 8 heteroatoms. The minimum absolute atomic E-state index is 0.0204. The molecule has 0 atom stereocenters. The molecule has 3 rings (SSSR count). The molecule has 0 spiro atoms. The van der Waals surface area contributed by atoms with Gasteiger partial charge in [0.25, 0.3) is 11.6 Å². The zero-order chi connectivity index (χ0) is 17.8. The van der Waals surface area contributed by atoms with E-state index in [9.17, 15) is 14.9 Å². The second kappa shape index (κ2) is 7.10. The summed E-state index contributed by atoms with van der Waals surface area (Å²) < 4.78 is 5.06. The van der Waals surface area contributed by atoms with Gasteiger partial charge in [-0.3, -0.25) is 20.2 Å². The van der Waals surface area contributed by atoms with E-state index in [1.165, 1.54) is 23.5 Å². The van der Waals surface area contributed by atoms with Crippen LogP contribution < -0.4 is 10.1 Å². The van der Waals surface area contributed by atoms with Gasteiger partial charge in [0.1, 0.15) is 5.75 Å². The van der Waals surface area contributed by atoms with E-state index < -0.39 is 4.92 Å². The number of nitrogens with one attached hydrogen (secondary N) is 1. The minimum Gasteiger partial charge on any atom is -0.497 e. The number of nitro groups is 1. The van der Waals surface area contributed by atoms with E-state index in [1.54, 1.807) is 48.9 Å². The number of amides is 1. The molecule has 0 fully saturated rings. The van der Waals surface area contributed by atoms with Crippen molar-refractivity contribution in [3.05, 3.63) is 69.6 Å². The van der Waals surface area contributed by atoms with Crippen molar-refractivity contribution in [3.63, 3.8) is 0 Å². The molecular weight excluding hydrogens is 342 g/mol. The van der Waals surface area contributed by atoms with Gasteiger partial charge in [-0.15, -0.1) is 11.3 Å². The number of nitrogens with zero attached hydrogens (tertiary/aromatic N) is 2. The number of nitro benzene ring substituents is 1. The number of rotatable bonds is 5. The van der Waals surface area contributed by atoms with Crippen molar-refractivity contribution >= 4 is 28.1 Å². The number of hydrogen-bond donors (Lipinski definition) is 1. The van der Waals surface area contributed by atoms with Crippen LogP contribution in [0.25, 0.3) is 11.3 Å². The third kappa shape index (κ3) is 3.81. The molecule has 0 bridgehead atoms. The molecule has 0 aliphatic rings. The Kier molecular flexibility index (Phi) is 4.71. The Bertz CT molecular complexity index is 904. The summed E-state index contributed by atoms with van der Waals surface area (Å²) in [6, 6.07) is 12.8. The molecule has 1 N–H and O–H groups in total. The molecule has 1 amide bonds. The summed E-state index contributed by atoms with van der Waals surface area (Å²) in [5, 5.41) is 15.7. The van der Waals surface area contributed by atoms with Crippen LogP contribution in [0.5, 0.6) is 5.75 Å². The summed E-state index contributed by atoms with van der Waals surface area (Å²) in [6.07, 6.45) is 0. The van der Waals surface area contributed by atoms with Gasteiger partial charge < -0.3 is 4.74 Å². The summed E-state index contributed by atoms with van der Waals surface area (Å²) in [7, 11) is 1.56. The number of ether oxygens (including phenoxy) is 1. The standard InChI is InChI=1S/C17H13N3O4S/c1-24-14-8-4-12(5-9-14)16(21)19-17-18-15(10-25-17)11-2-6-13(7-3-11)20(22)23/h2-10H,1H3,(H,18,19,21). The maximum atomic E-state index is 12.2. The van der Waals surface area contributed by atoms with E-state index in [4.69, 9.17) is 4.74 Å². The summed E-state index contributed by atoms with van der Waals surface area (Å²) >= 11 is 1.28. The van der Waals surface area contributed by atoms with Crippen LogP contribution in [0.4, 0.5) is 10.8 Å². The third-order valence-corrected chi connectivity index (χ3v) is 4.21. The lowest BCUT2D eigenvalue weighted by Gasteiger charge is -2.03. The van der Waals surface area contributed by atoms with E-state index in [0.717, 1.165) is 5.56 Å². The summed E-state index contributed by atoms with van der Waals surface area (Å²) in [6.45, 7) is 0. The van der Waals surface area contributed by atoms with Crippen molar-refractivity contribution in [1.29, 1.82) is 0 Å². The number of thiazole rings is 1. The topological polar surface area (TPSA) is 94.4 Å². The number of hydrogen-bond acceptors (Lipinski definition) is 6. The maximum absolute atomic E-state index is 12.2. The fraction of sp³-hybridized carbons (Fsp3) is 0.0588. The monoisotopic (exact) mass is 355 g/mol. The average molecular weight is 355 g/mol. The van der Waals surface area contributed by atoms with Gasteiger partial charge >= 0.3 is 0 Å². The van der Waals surface area contributed by atoms with Gasteiger partial charge in [0, 0.05) is 28.6 Å². The quantitative estimate of drug-likeness (QED) is 0.552. The number of carbonyl (C=O) groups is 1. The smallest absolute Gasteiger partial charge is 0.269 e. The minimum atomic E-state index is -0.453. The Morgan fingerprint density at radius 2 is 1.84 bits per heavy atom. The number of non-ortho nitro benzene ring substituents is 1. The lowest BCUT2D eigenvalue weighted by molar-refractivity contribution is -0.384. The zero-order valence-corrected chi connectivity index (χ0v) is 13.9. The molecule has 3 aromatic rings. The SMILES string of the molecule is COc1ccc(C(=O)Nc2nc(-c3ccc([N+](=O)[O-])cc3)cs2)cc1. The molecule has 0 aliphatic heterocycles. The molecule has 1 heterocycles. The van der Waals surface area contributed by atoms with Crippen LogP contribution in [-0.2, 0) is 0 Å². The first-order valence-corrected chi connectivity index (χ1v) is 8.10. The Balaban J connectivity index is 1.72. The predicted octanol–water partition coefficient (Wildman–Crippen LogP) is 3.98. The molecule has 0 saturated heterocycles. The summed E-state index contributed by atoms with van der Waals surface area (Å²) in [4.78, 5) is 26.8. The van der Waals surface area contributed by atoms with Crippen LogP contribution in [0.3, 0.4) is 0 Å². The molecule has 126 valence electrons. The summed E-state index contributed by atoms with van der Waals surface area (Å²) in [5.74, 6) is 0.401. The first-order chi connectivity index (χ1) is 12.1. The highest BCUT2D eigenvalue weighted by Crippen LogP contribution is 2.26. The van der Waals surface area contributed by atoms with Gasteiger partial charge in [-0.2, -0.15) is 0 Å². The maximum Gasteiger partial charge on any atom is 0.269 e. The molecule has 2 aromatic carbocycles. The Morgan fingerprint density at radius 1 is 1.16 bits per heavy atom. The van der Waals surface area contributed by atoms with Crippen molar-refractivity contribution in [2.24, 2.45) is 0 Å². The van der Waals surface area contributed by atoms with Gasteiger partial charge in [0.05, 0.1) is 17.7 Å². The molecule has 0 radical (unpaired) electrons. The van der Waals surface area contributed by atoms with Gasteiger partial charge in [0.15, 0.2) is 5.13 Å². The van der Waals surface area contributed by atoms with E-state index in [-0.39, 0.29) is 11.6 Å². The van der Waals surface area contributed by atoms with Gasteiger partial charge in [-0.05, 0) is 36.4 Å². The Labute approximate surface area is 147 Å². The Morgan fingerprint density at radius 3 is 2.44 bits per heavy atom. The van der Waals surface area contributed by atoms with E-state index in [0.29, 0.717) is 22.1 Å². The molecular formula is C17H13N3O4S. The third-order valence-electron chi connectivity index (χ3n) is 3.45. The number of benzene rings is 2. The second-order valence-electron chi connectivity index (χ2n) is 5.02. The predicted molar refractivity (Wildman–Crippen MR) is 95.2 cm³/mol. The van der Waals surface area contributed by atoms with Crippen LogP contribution in [0, 0.1) is 10.1 Å². The molecule has 0 saturated carbocycles. The normalized spacial score (nSPS) is 10.3. The van der Waals surface area contributed by atoms with E-state index >= 15 is 0 Å². The molecule has 1 aromatic heterocycles. The van der Waals surface area contributed by atoms with Gasteiger partial charge in [0.2, 0.25) is 0 Å². The molecule has 25 heavy (non-hydrogen) atoms. The fourth-order valence-electron chi connectivity index (χ4n) is 2.13. The first-order valence-electron chi connectivity index (χ1n) is 7.22. The average Bonchev–Trinajstić information content (AvgIpc) is 3.10. The van der Waals surface area contributed by atoms with Crippen LogP contribution in [0.1, 0.15) is 10.4 Å². The first kappa shape index (κ1) is 16.6. The van der Waals surface area contributed by atoms with Gasteiger partial charge in [-0.25, -0.2) is 4.98 Å². The van der Waals surface area contributed by atoms with Crippen molar-refractivity contribution in [2.75, 3.05) is 12.4 Å². The Hall–Kier alpha value is -3.26. The highest BCUT2D eigenvalue weighted by molar-refractivity contribution is 7.14. The van der Waals surface area contributed by atoms with Crippen molar-refractivity contribution in [1.82, 2.24) is 4.98 Å². The largest absolute Gasteiger partial charge is 0.497 e. The lowest BCUT2D eigenvalue weighted by Crippen LogP contribution is -2.11. The van der Waals surface area contributed by atoms with Crippen molar-refractivity contribution in [3.8, 4) is 17.0 Å². The van der Waals surface area contributed by atoms with Crippen LogP contribution in [-0.4, -0.2) is 22.9 Å². The van der Waals surface area contributed by atoms with E-state index in [1.807, 2.05) is 0 Å². The number of anilines is 1. The molecule has 7 nitrogen and oxygen atoms in total. The van der Waals surface area contributed by atoms with Crippen molar-refractivity contribution < 1.29 is 14.5 Å². The van der Waals surface area contributed by atoms with Crippen LogP contribution in [0.2, 0.25) is 0 Å². The highest BCUT2D eigenvalue weighted by atomic mass is 32.1. The van der Waals surface area contributed by atoms with Crippen LogP contribution >= 0.6 is 11.3 Å². The number of aromatic nitrogens is 1. The van der Waals surface area contributed by atoms with Crippen molar-refractivity contribution in [2.45, 2.75) is 0 Å². The fourth-order valence-corrected chi connectivity index (χ4v) is 2.84. The van der Waals surface area contributed by atoms with Crippen LogP contribution in [0.15, 0.2) is 53.9 Å². The highest BCUT2D eigenvalue weighted by Gasteiger charge is 2.11. The molecule has 0 unspecified atom stereocenters. The number of carbonyl (C=O) groups excluding carboxylic acids is 1. The van der Waals surface area contributed by atoms with E-state index in [2.05, 4.69) is 10.3 Å². The lowest BCUT2D eigenvalue weighted by atomic mass is 10.1. The summed E-state index contributed by atoms with van der Waals surface area (Å²) in [5.41, 5.74) is 1.90. The number of methoxy groups -OCH3 is 1.